The van der Waals surface area contributed by atoms with Crippen molar-refractivity contribution in [2.75, 3.05) is 27.3 Å². The number of ether oxygens (including phenoxy) is 7. The molecule has 4 fully saturated rings. The van der Waals surface area contributed by atoms with Crippen LogP contribution in [0.25, 0.3) is 0 Å². The van der Waals surface area contributed by atoms with Gasteiger partial charge in [-0.05, 0) is 66.6 Å². The molecular formula is C42H65N3O11. The number of likely N-dealkylation sites (N-methyl/N-ethyl adjacent to an activating group) is 1. The number of cyclic esters (lactones) is 1. The highest BCUT2D eigenvalue weighted by Crippen LogP contribution is 2.42. The summed E-state index contributed by atoms with van der Waals surface area (Å²) < 4.78 is 45.4. The maximum Gasteiger partial charge on any atom is 0.408 e. The molecule has 4 saturated heterocycles. The van der Waals surface area contributed by atoms with E-state index in [0.717, 1.165) is 5.56 Å². The minimum absolute atomic E-state index is 0.116. The molecule has 56 heavy (non-hydrogen) atoms. The summed E-state index contributed by atoms with van der Waals surface area (Å²) in [4.78, 5) is 56.3. The van der Waals surface area contributed by atoms with Crippen molar-refractivity contribution >= 4 is 23.8 Å². The molecule has 1 aromatic rings. The van der Waals surface area contributed by atoms with Crippen LogP contribution in [0.15, 0.2) is 30.3 Å². The van der Waals surface area contributed by atoms with Crippen molar-refractivity contribution in [1.29, 1.82) is 0 Å². The number of rotatable bonds is 8. The first-order valence-corrected chi connectivity index (χ1v) is 20.3. The predicted molar refractivity (Wildman–Crippen MR) is 206 cm³/mol. The smallest absolute Gasteiger partial charge is 0.408 e. The third kappa shape index (κ3) is 9.58. The van der Waals surface area contributed by atoms with Gasteiger partial charge in [-0.25, -0.2) is 4.79 Å². The summed E-state index contributed by atoms with van der Waals surface area (Å²) in [6.45, 7) is 17.1. The van der Waals surface area contributed by atoms with Crippen molar-refractivity contribution in [3.05, 3.63) is 35.9 Å². The molecule has 0 radical (unpaired) electrons. The van der Waals surface area contributed by atoms with Gasteiger partial charge in [0.2, 0.25) is 0 Å². The van der Waals surface area contributed by atoms with Crippen molar-refractivity contribution in [2.24, 2.45) is 23.7 Å². The van der Waals surface area contributed by atoms with Gasteiger partial charge in [0.1, 0.15) is 11.9 Å². The molecule has 0 saturated carbocycles. The highest BCUT2D eigenvalue weighted by Gasteiger charge is 2.58. The van der Waals surface area contributed by atoms with Gasteiger partial charge in [0, 0.05) is 31.2 Å². The van der Waals surface area contributed by atoms with E-state index in [-0.39, 0.29) is 43.6 Å². The van der Waals surface area contributed by atoms with Gasteiger partial charge in [0.05, 0.1) is 61.2 Å². The van der Waals surface area contributed by atoms with E-state index in [1.54, 1.807) is 20.8 Å². The van der Waals surface area contributed by atoms with Gasteiger partial charge in [-0.1, -0.05) is 58.0 Å². The Morgan fingerprint density at radius 1 is 1.02 bits per heavy atom. The minimum atomic E-state index is -1.31. The van der Waals surface area contributed by atoms with E-state index in [9.17, 15) is 19.2 Å². The number of carbonyl (C=O) groups is 4. The first-order valence-electron chi connectivity index (χ1n) is 20.3. The largest absolute Gasteiger partial charge is 0.458 e. The lowest BCUT2D eigenvalue weighted by Gasteiger charge is -2.49. The van der Waals surface area contributed by atoms with Crippen LogP contribution >= 0.6 is 0 Å². The number of Topliss-reactive ketones (excluding diaryl/α,β-unsaturated/α-hetero) is 1. The molecule has 0 aliphatic carbocycles. The molecule has 314 valence electrons. The molecule has 1 unspecified atom stereocenters. The van der Waals surface area contributed by atoms with Crippen LogP contribution in [0.4, 0.5) is 4.79 Å². The van der Waals surface area contributed by atoms with E-state index in [1.807, 2.05) is 83.9 Å². The lowest BCUT2D eigenvalue weighted by Crippen LogP contribution is -2.61. The lowest BCUT2D eigenvalue weighted by atomic mass is 9.73. The standard InChI is InChI=1S/C42H65N3O11/c1-12-32-42(9)36(44-40(49)56-42)25(4)33(47)23(2)19-41(8)37(55-39-35(53-28(7)46)31(45(10)11)18-24(3)52-39)26(5)34(27(6)38(48)54-32)50-21-30(22-51-41)43-20-29-16-14-13-15-17-29/h13-17,23-27,30-32,34-37,39,43H,12,18-22H2,1-11H3,(H,44,49)/t23-,24-,25+,26+,27-,30?,31+,32-,34+,35-,36-,37-,39+,41-,42-/m1/s1. The monoisotopic (exact) mass is 787 g/mol. The number of nitrogens with one attached hydrogen (secondary N) is 2. The van der Waals surface area contributed by atoms with Crippen LogP contribution < -0.4 is 10.6 Å². The van der Waals surface area contributed by atoms with Gasteiger partial charge in [-0.15, -0.1) is 0 Å². The van der Waals surface area contributed by atoms with Gasteiger partial charge >= 0.3 is 18.0 Å². The van der Waals surface area contributed by atoms with E-state index >= 15 is 0 Å². The highest BCUT2D eigenvalue weighted by atomic mass is 16.7. The minimum Gasteiger partial charge on any atom is -0.458 e. The van der Waals surface area contributed by atoms with E-state index in [1.165, 1.54) is 6.92 Å². The summed E-state index contributed by atoms with van der Waals surface area (Å²) in [5.74, 6) is -3.79. The van der Waals surface area contributed by atoms with E-state index in [0.29, 0.717) is 19.4 Å². The number of fused-ring (bicyclic) bond motifs is 4. The van der Waals surface area contributed by atoms with Crippen molar-refractivity contribution < 1.29 is 52.3 Å². The maximum atomic E-state index is 14.6. The summed E-state index contributed by atoms with van der Waals surface area (Å²) in [7, 11) is 3.85. The first-order chi connectivity index (χ1) is 26.4. The van der Waals surface area contributed by atoms with Crippen molar-refractivity contribution in [3.63, 3.8) is 0 Å². The number of nitrogens with zero attached hydrogens (tertiary/aromatic N) is 1. The SMILES string of the molecule is CC[C@H]1OC(=O)[C@H](C)[C@H]2OCC(NCc3ccccc3)CO[C@](C)(C[C@@H](C)C(=O)[C@H](C)[C@H]3NC(=O)O[C@@]31C)[C@H](O[C@@H]1O[C@H](C)C[C@H](N(C)C)[C@H]1OC(C)=O)[C@H]2C. The number of benzene rings is 1. The van der Waals surface area contributed by atoms with Gasteiger partial charge in [-0.3, -0.25) is 14.4 Å². The molecule has 4 aliphatic rings. The van der Waals surface area contributed by atoms with Gasteiger partial charge in [0.15, 0.2) is 18.0 Å². The normalized spacial score (nSPS) is 41.3. The number of carbonyl (C=O) groups excluding carboxylic acids is 4. The number of ketones is 1. The second kappa shape index (κ2) is 18.2. The number of amides is 1. The fourth-order valence-electron chi connectivity index (χ4n) is 9.41. The molecule has 1 aromatic carbocycles. The Kier molecular flexibility index (Phi) is 14.3. The second-order valence-corrected chi connectivity index (χ2v) is 17.2. The molecule has 1 amide bonds. The Bertz CT molecular complexity index is 1530. The summed E-state index contributed by atoms with van der Waals surface area (Å²) in [5, 5.41) is 6.45. The Morgan fingerprint density at radius 3 is 2.36 bits per heavy atom. The Balaban J connectivity index is 1.62. The summed E-state index contributed by atoms with van der Waals surface area (Å²) in [6, 6.07) is 8.71. The zero-order chi connectivity index (χ0) is 41.1. The Morgan fingerprint density at radius 2 is 1.71 bits per heavy atom. The van der Waals surface area contributed by atoms with Crippen LogP contribution in [0.3, 0.4) is 0 Å². The Hall–Kier alpha value is -3.14. The summed E-state index contributed by atoms with van der Waals surface area (Å²) in [6.07, 6.45) is -4.03. The molecule has 14 heteroatoms. The molecule has 15 atom stereocenters. The van der Waals surface area contributed by atoms with Crippen LogP contribution in [-0.2, 0) is 54.1 Å². The van der Waals surface area contributed by atoms with Gasteiger partial charge in [-0.2, -0.15) is 0 Å². The molecule has 4 aliphatic heterocycles. The van der Waals surface area contributed by atoms with Gasteiger partial charge in [0.25, 0.3) is 0 Å². The van der Waals surface area contributed by atoms with Crippen molar-refractivity contribution in [1.82, 2.24) is 15.5 Å². The third-order valence-corrected chi connectivity index (χ3v) is 12.5. The molecule has 0 spiro atoms. The number of hydrogen-bond acceptors (Lipinski definition) is 13. The number of alkyl carbamates (subject to hydrolysis) is 1. The molecule has 4 heterocycles. The molecule has 2 bridgehead atoms. The predicted octanol–water partition coefficient (Wildman–Crippen LogP) is 4.41. The van der Waals surface area contributed by atoms with Crippen LogP contribution in [0.1, 0.15) is 87.1 Å². The van der Waals surface area contributed by atoms with E-state index in [4.69, 9.17) is 33.2 Å². The topological polar surface area (TPSA) is 160 Å². The molecule has 14 nitrogen and oxygen atoms in total. The molecule has 5 rings (SSSR count). The molecule has 0 aromatic heterocycles. The van der Waals surface area contributed by atoms with Crippen molar-refractivity contribution in [3.8, 4) is 0 Å². The average Bonchev–Trinajstić information content (AvgIpc) is 3.48. The van der Waals surface area contributed by atoms with Crippen LogP contribution in [-0.4, -0.2) is 122 Å². The highest BCUT2D eigenvalue weighted by molar-refractivity contribution is 5.85. The second-order valence-electron chi connectivity index (χ2n) is 17.2. The zero-order valence-electron chi connectivity index (χ0n) is 35.1. The van der Waals surface area contributed by atoms with E-state index in [2.05, 4.69) is 10.6 Å². The fourth-order valence-corrected chi connectivity index (χ4v) is 9.41. The third-order valence-electron chi connectivity index (χ3n) is 12.5. The average molecular weight is 788 g/mol. The summed E-state index contributed by atoms with van der Waals surface area (Å²) in [5.41, 5.74) is -1.40. The first kappa shape index (κ1) is 44.0. The van der Waals surface area contributed by atoms with Crippen LogP contribution in [0.5, 0.6) is 0 Å². The Labute approximate surface area is 332 Å². The summed E-state index contributed by atoms with van der Waals surface area (Å²) >= 11 is 0. The lowest BCUT2D eigenvalue weighted by molar-refractivity contribution is -0.304. The fraction of sp³-hybridized carbons (Fsp3) is 0.762. The molecule has 2 N–H and O–H groups in total. The van der Waals surface area contributed by atoms with Crippen LogP contribution in [0.2, 0.25) is 0 Å². The number of hydrogen-bond donors (Lipinski definition) is 2. The van der Waals surface area contributed by atoms with Crippen LogP contribution in [0, 0.1) is 23.7 Å². The quantitative estimate of drug-likeness (QED) is 0.282. The number of esters is 2. The molecular weight excluding hydrogens is 722 g/mol. The van der Waals surface area contributed by atoms with Crippen molar-refractivity contribution in [2.45, 2.75) is 154 Å². The maximum absolute atomic E-state index is 14.6. The zero-order valence-corrected chi connectivity index (χ0v) is 35.1. The van der Waals surface area contributed by atoms with E-state index < -0.39 is 89.7 Å². The van der Waals surface area contributed by atoms with Gasteiger partial charge < -0.3 is 48.7 Å².